The monoisotopic (exact) mass is 288 g/mol. The van der Waals surface area contributed by atoms with Gasteiger partial charge in [-0.05, 0) is 17.7 Å². The average molecular weight is 288 g/mol. The normalized spacial score (nSPS) is 11.6. The van der Waals surface area contributed by atoms with Crippen molar-refractivity contribution in [3.05, 3.63) is 71.4 Å². The highest BCUT2D eigenvalue weighted by Crippen LogP contribution is 2.29. The van der Waals surface area contributed by atoms with Crippen molar-refractivity contribution in [3.8, 4) is 0 Å². The first-order valence-corrected chi connectivity index (χ1v) is 7.59. The van der Waals surface area contributed by atoms with Crippen LogP contribution in [0, 0.1) is 0 Å². The second kappa shape index (κ2) is 5.11. The number of benzene rings is 2. The number of aromatic nitrogens is 2. The molecular formula is C18H12N2S. The third-order valence-electron chi connectivity index (χ3n) is 3.36. The Morgan fingerprint density at radius 3 is 2.52 bits per heavy atom. The molecular weight excluding hydrogens is 276 g/mol. The van der Waals surface area contributed by atoms with Crippen LogP contribution in [-0.2, 0) is 0 Å². The number of nitrogens with zero attached hydrogens (tertiary/aromatic N) is 2. The highest BCUT2D eigenvalue weighted by molar-refractivity contribution is 7.20. The van der Waals surface area contributed by atoms with Crippen molar-refractivity contribution in [2.75, 3.05) is 0 Å². The maximum atomic E-state index is 4.65. The summed E-state index contributed by atoms with van der Waals surface area (Å²) >= 11 is 1.71. The minimum Gasteiger partial charge on any atom is -0.254 e. The first kappa shape index (κ1) is 12.2. The molecule has 2 aromatic carbocycles. The third kappa shape index (κ3) is 2.32. The molecule has 2 heterocycles. The lowest BCUT2D eigenvalue weighted by molar-refractivity contribution is 1.39. The van der Waals surface area contributed by atoms with Gasteiger partial charge in [0.15, 0.2) is 0 Å². The first-order chi connectivity index (χ1) is 10.4. The van der Waals surface area contributed by atoms with Crippen molar-refractivity contribution >= 4 is 44.6 Å². The Balaban J connectivity index is 1.80. The molecule has 0 aliphatic heterocycles. The standard InChI is InChI=1S/C18H12N2S/c1-2-6-13(7-3-1)10-11-17-20-16-12-19-15-9-5-4-8-14(15)18(16)21-17/h1-12H. The smallest absolute Gasteiger partial charge is 0.117 e. The number of thiazole rings is 1. The summed E-state index contributed by atoms with van der Waals surface area (Å²) < 4.78 is 1.20. The molecule has 4 aromatic rings. The Morgan fingerprint density at radius 2 is 1.62 bits per heavy atom. The molecule has 2 aromatic heterocycles. The van der Waals surface area contributed by atoms with Crippen LogP contribution in [0.1, 0.15) is 10.6 Å². The van der Waals surface area contributed by atoms with Crippen LogP contribution in [0.4, 0.5) is 0 Å². The Kier molecular flexibility index (Phi) is 2.98. The molecule has 0 unspecified atom stereocenters. The number of rotatable bonds is 2. The van der Waals surface area contributed by atoms with Crippen LogP contribution in [0.15, 0.2) is 60.8 Å². The summed E-state index contributed by atoms with van der Waals surface area (Å²) in [5.41, 5.74) is 3.17. The van der Waals surface area contributed by atoms with Crippen LogP contribution in [-0.4, -0.2) is 9.97 Å². The van der Waals surface area contributed by atoms with Crippen molar-refractivity contribution in [3.63, 3.8) is 0 Å². The van der Waals surface area contributed by atoms with Gasteiger partial charge in [0.1, 0.15) is 10.5 Å². The van der Waals surface area contributed by atoms with Crippen molar-refractivity contribution in [2.45, 2.75) is 0 Å². The number of hydrogen-bond donors (Lipinski definition) is 0. The molecule has 0 aliphatic rings. The van der Waals surface area contributed by atoms with E-state index >= 15 is 0 Å². The fourth-order valence-corrected chi connectivity index (χ4v) is 3.32. The summed E-state index contributed by atoms with van der Waals surface area (Å²) in [6, 6.07) is 18.5. The van der Waals surface area contributed by atoms with Crippen LogP contribution in [0.25, 0.3) is 33.3 Å². The van der Waals surface area contributed by atoms with Gasteiger partial charge in [0, 0.05) is 5.39 Å². The van der Waals surface area contributed by atoms with Gasteiger partial charge in [0.25, 0.3) is 0 Å². The summed E-state index contributed by atoms with van der Waals surface area (Å²) in [4.78, 5) is 9.11. The molecule has 0 fully saturated rings. The minimum atomic E-state index is 0.964. The van der Waals surface area contributed by atoms with Gasteiger partial charge in [-0.3, -0.25) is 4.98 Å². The van der Waals surface area contributed by atoms with Gasteiger partial charge in [-0.2, -0.15) is 0 Å². The summed E-state index contributed by atoms with van der Waals surface area (Å²) in [6.07, 6.45) is 6.01. The lowest BCUT2D eigenvalue weighted by Crippen LogP contribution is -1.78. The Hall–Kier alpha value is -2.52. The van der Waals surface area contributed by atoms with Crippen molar-refractivity contribution in [1.29, 1.82) is 0 Å². The molecule has 4 rings (SSSR count). The van der Waals surface area contributed by atoms with E-state index in [1.54, 1.807) is 11.3 Å². The zero-order valence-corrected chi connectivity index (χ0v) is 12.0. The Labute approximate surface area is 126 Å². The predicted molar refractivity (Wildman–Crippen MR) is 90.3 cm³/mol. The molecule has 0 saturated carbocycles. The van der Waals surface area contributed by atoms with E-state index in [0.29, 0.717) is 0 Å². The fraction of sp³-hybridized carbons (Fsp3) is 0. The molecule has 0 bridgehead atoms. The molecule has 0 radical (unpaired) electrons. The summed E-state index contributed by atoms with van der Waals surface area (Å²) in [7, 11) is 0. The first-order valence-electron chi connectivity index (χ1n) is 6.77. The average Bonchev–Trinajstić information content (AvgIpc) is 2.97. The van der Waals surface area contributed by atoms with E-state index in [1.807, 2.05) is 42.6 Å². The van der Waals surface area contributed by atoms with Crippen molar-refractivity contribution in [1.82, 2.24) is 9.97 Å². The molecule has 0 amide bonds. The number of para-hydroxylation sites is 1. The molecule has 0 aliphatic carbocycles. The summed E-state index contributed by atoms with van der Waals surface area (Å²) in [6.45, 7) is 0. The molecule has 2 nitrogen and oxygen atoms in total. The lowest BCUT2D eigenvalue weighted by atomic mass is 10.2. The molecule has 100 valence electrons. The van der Waals surface area contributed by atoms with Gasteiger partial charge in [-0.15, -0.1) is 11.3 Å². The van der Waals surface area contributed by atoms with Crippen LogP contribution in [0.2, 0.25) is 0 Å². The Bertz CT molecular complexity index is 939. The molecule has 0 saturated heterocycles. The second-order valence-electron chi connectivity index (χ2n) is 4.79. The molecule has 3 heteroatoms. The quantitative estimate of drug-likeness (QED) is 0.518. The highest BCUT2D eigenvalue weighted by atomic mass is 32.1. The van der Waals surface area contributed by atoms with Gasteiger partial charge in [-0.1, -0.05) is 54.6 Å². The number of hydrogen-bond acceptors (Lipinski definition) is 3. The zero-order valence-electron chi connectivity index (χ0n) is 11.2. The topological polar surface area (TPSA) is 25.8 Å². The summed E-state index contributed by atoms with van der Waals surface area (Å²) in [5, 5.41) is 2.18. The van der Waals surface area contributed by atoms with Gasteiger partial charge >= 0.3 is 0 Å². The number of fused-ring (bicyclic) bond motifs is 3. The minimum absolute atomic E-state index is 0.964. The number of pyridine rings is 1. The van der Waals surface area contributed by atoms with E-state index in [1.165, 1.54) is 15.6 Å². The van der Waals surface area contributed by atoms with Crippen LogP contribution in [0.5, 0.6) is 0 Å². The maximum Gasteiger partial charge on any atom is 0.117 e. The van der Waals surface area contributed by atoms with E-state index in [2.05, 4.69) is 40.3 Å². The maximum absolute atomic E-state index is 4.65. The largest absolute Gasteiger partial charge is 0.254 e. The van der Waals surface area contributed by atoms with E-state index in [-0.39, 0.29) is 0 Å². The van der Waals surface area contributed by atoms with Crippen LogP contribution < -0.4 is 0 Å². The lowest BCUT2D eigenvalue weighted by Gasteiger charge is -1.95. The van der Waals surface area contributed by atoms with Gasteiger partial charge in [-0.25, -0.2) is 4.98 Å². The molecule has 0 N–H and O–H groups in total. The van der Waals surface area contributed by atoms with E-state index in [9.17, 15) is 0 Å². The fourth-order valence-electron chi connectivity index (χ4n) is 2.34. The zero-order chi connectivity index (χ0) is 14.1. The Morgan fingerprint density at radius 1 is 0.810 bits per heavy atom. The summed E-state index contributed by atoms with van der Waals surface area (Å²) in [5.74, 6) is 0. The van der Waals surface area contributed by atoms with E-state index in [4.69, 9.17) is 0 Å². The molecule has 0 spiro atoms. The van der Waals surface area contributed by atoms with Crippen molar-refractivity contribution in [2.24, 2.45) is 0 Å². The van der Waals surface area contributed by atoms with Gasteiger partial charge < -0.3 is 0 Å². The van der Waals surface area contributed by atoms with Crippen molar-refractivity contribution < 1.29 is 0 Å². The molecule has 0 atom stereocenters. The van der Waals surface area contributed by atoms with E-state index < -0.39 is 0 Å². The van der Waals surface area contributed by atoms with E-state index in [0.717, 1.165) is 16.0 Å². The van der Waals surface area contributed by atoms with Crippen LogP contribution in [0.3, 0.4) is 0 Å². The molecule has 21 heavy (non-hydrogen) atoms. The third-order valence-corrected chi connectivity index (χ3v) is 4.43. The second-order valence-corrected chi connectivity index (χ2v) is 5.82. The predicted octanol–water partition coefficient (Wildman–Crippen LogP) is 5.01. The van der Waals surface area contributed by atoms with Gasteiger partial charge in [0.05, 0.1) is 16.4 Å². The SMILES string of the molecule is C(=Cc1nc2cnc3ccccc3c2s1)c1ccccc1. The van der Waals surface area contributed by atoms with Gasteiger partial charge in [0.2, 0.25) is 0 Å². The van der Waals surface area contributed by atoms with Crippen LogP contribution >= 0.6 is 11.3 Å². The highest BCUT2D eigenvalue weighted by Gasteiger charge is 2.06.